The van der Waals surface area contributed by atoms with Gasteiger partial charge in [-0.05, 0) is 49.9 Å². The molecule has 6 aromatic heterocycles. The summed E-state index contributed by atoms with van der Waals surface area (Å²) in [5.74, 6) is 0.740. The molecule has 1 aliphatic carbocycles. The second-order valence-corrected chi connectivity index (χ2v) is 10.2. The quantitative estimate of drug-likeness (QED) is 0.273. The maximum absolute atomic E-state index is 16.1. The predicted octanol–water partition coefficient (Wildman–Crippen LogP) is 4.87. The van der Waals surface area contributed by atoms with E-state index in [0.717, 1.165) is 29.4 Å². The van der Waals surface area contributed by atoms with Crippen LogP contribution in [0.2, 0.25) is 0 Å². The van der Waals surface area contributed by atoms with E-state index in [2.05, 4.69) is 45.4 Å². The number of aryl methyl sites for hydroxylation is 1. The van der Waals surface area contributed by atoms with Crippen LogP contribution in [0, 0.1) is 18.7 Å². The minimum Gasteiger partial charge on any atom is -0.334 e. The molecule has 0 bridgehead atoms. The molecule has 3 N–H and O–H groups in total. The first-order valence-electron chi connectivity index (χ1n) is 13.2. The van der Waals surface area contributed by atoms with Crippen LogP contribution in [0.5, 0.6) is 0 Å². The van der Waals surface area contributed by atoms with Crippen molar-refractivity contribution < 1.29 is 4.39 Å². The Balaban J connectivity index is 1.23. The second kappa shape index (κ2) is 9.66. The molecule has 0 radical (unpaired) electrons. The van der Waals surface area contributed by atoms with E-state index in [0.29, 0.717) is 40.4 Å². The van der Waals surface area contributed by atoms with Crippen molar-refractivity contribution >= 4 is 22.2 Å². The third-order valence-electron chi connectivity index (χ3n) is 7.46. The Labute approximate surface area is 223 Å². The summed E-state index contributed by atoms with van der Waals surface area (Å²) in [6, 6.07) is 3.84. The lowest BCUT2D eigenvalue weighted by atomic mass is 10.0. The van der Waals surface area contributed by atoms with Gasteiger partial charge in [0.05, 0.1) is 23.1 Å². The molecule has 6 heterocycles. The monoisotopic (exact) mass is 522 g/mol. The molecule has 0 atom stereocenters. The highest BCUT2D eigenvalue weighted by molar-refractivity contribution is 5.94. The van der Waals surface area contributed by atoms with Gasteiger partial charge < -0.3 is 14.9 Å². The SMILES string of the molecule is Cc1cn(-c2ccnc3nc(-c4[nH]nc5ncc(-c6cncc(CNCC7CCCC7)c6)c(F)c45)[nH]c23)cn1. The number of imidazole rings is 2. The molecule has 196 valence electrons. The van der Waals surface area contributed by atoms with Gasteiger partial charge in [-0.3, -0.25) is 10.1 Å². The topological polar surface area (TPSA) is 126 Å². The lowest BCUT2D eigenvalue weighted by Gasteiger charge is -2.11. The number of fused-ring (bicyclic) bond motifs is 2. The number of rotatable bonds is 7. The molecule has 1 fully saturated rings. The Morgan fingerprint density at radius 1 is 1.10 bits per heavy atom. The molecule has 7 rings (SSSR count). The van der Waals surface area contributed by atoms with E-state index in [9.17, 15) is 0 Å². The number of H-pyrrole nitrogens is 2. The van der Waals surface area contributed by atoms with E-state index >= 15 is 4.39 Å². The Bertz CT molecular complexity index is 1790. The highest BCUT2D eigenvalue weighted by Crippen LogP contribution is 2.33. The number of nitrogens with one attached hydrogen (secondary N) is 3. The van der Waals surface area contributed by atoms with Crippen LogP contribution < -0.4 is 5.32 Å². The van der Waals surface area contributed by atoms with E-state index < -0.39 is 5.82 Å². The van der Waals surface area contributed by atoms with Crippen molar-refractivity contribution in [2.45, 2.75) is 39.2 Å². The fraction of sp³-hybridized carbons (Fsp3) is 0.286. The molecular weight excluding hydrogens is 495 g/mol. The van der Waals surface area contributed by atoms with Crippen molar-refractivity contribution in [3.63, 3.8) is 0 Å². The van der Waals surface area contributed by atoms with Crippen LogP contribution in [0.3, 0.4) is 0 Å². The van der Waals surface area contributed by atoms with Gasteiger partial charge in [0.25, 0.3) is 0 Å². The van der Waals surface area contributed by atoms with Crippen LogP contribution in [-0.4, -0.2) is 51.2 Å². The van der Waals surface area contributed by atoms with Crippen molar-refractivity contribution in [1.82, 2.24) is 50.0 Å². The minimum atomic E-state index is -0.430. The summed E-state index contributed by atoms with van der Waals surface area (Å²) in [6.07, 6.45) is 15.6. The van der Waals surface area contributed by atoms with E-state index in [1.54, 1.807) is 18.7 Å². The third-order valence-corrected chi connectivity index (χ3v) is 7.46. The first kappa shape index (κ1) is 23.6. The van der Waals surface area contributed by atoms with Gasteiger partial charge in [0.2, 0.25) is 0 Å². The lowest BCUT2D eigenvalue weighted by molar-refractivity contribution is 0.489. The van der Waals surface area contributed by atoms with Gasteiger partial charge in [-0.15, -0.1) is 0 Å². The Kier molecular flexibility index (Phi) is 5.85. The molecule has 10 nitrogen and oxygen atoms in total. The summed E-state index contributed by atoms with van der Waals surface area (Å²) in [5.41, 5.74) is 5.65. The van der Waals surface area contributed by atoms with Crippen molar-refractivity contribution in [3.8, 4) is 28.3 Å². The molecule has 0 unspecified atom stereocenters. The average molecular weight is 523 g/mol. The molecule has 0 aliphatic heterocycles. The molecule has 1 aliphatic rings. The average Bonchev–Trinajstić information content (AvgIpc) is 3.75. The van der Waals surface area contributed by atoms with Crippen LogP contribution in [0.4, 0.5) is 4.39 Å². The van der Waals surface area contributed by atoms with E-state index in [-0.39, 0.29) is 11.0 Å². The summed E-state index contributed by atoms with van der Waals surface area (Å²) in [7, 11) is 0. The number of hydrogen-bond acceptors (Lipinski definition) is 7. The highest BCUT2D eigenvalue weighted by atomic mass is 19.1. The van der Waals surface area contributed by atoms with Crippen LogP contribution in [0.1, 0.15) is 36.9 Å². The maximum Gasteiger partial charge on any atom is 0.184 e. The zero-order valence-corrected chi connectivity index (χ0v) is 21.4. The number of halogens is 1. The molecule has 0 amide bonds. The van der Waals surface area contributed by atoms with E-state index in [4.69, 9.17) is 0 Å². The summed E-state index contributed by atoms with van der Waals surface area (Å²) in [5, 5.41) is 11.0. The zero-order valence-electron chi connectivity index (χ0n) is 21.4. The summed E-state index contributed by atoms with van der Waals surface area (Å²) >= 11 is 0. The fourth-order valence-electron chi connectivity index (χ4n) is 5.47. The van der Waals surface area contributed by atoms with Gasteiger partial charge in [0, 0.05) is 48.7 Å². The minimum absolute atomic E-state index is 0.261. The fourth-order valence-corrected chi connectivity index (χ4v) is 5.47. The van der Waals surface area contributed by atoms with E-state index in [1.807, 2.05) is 36.0 Å². The van der Waals surface area contributed by atoms with Crippen LogP contribution in [0.25, 0.3) is 50.5 Å². The molecule has 0 aromatic carbocycles. The van der Waals surface area contributed by atoms with Crippen molar-refractivity contribution in [3.05, 3.63) is 66.5 Å². The van der Waals surface area contributed by atoms with Crippen LogP contribution >= 0.6 is 0 Å². The van der Waals surface area contributed by atoms with Crippen LogP contribution in [0.15, 0.2) is 49.4 Å². The molecular formula is C28H27FN10. The lowest BCUT2D eigenvalue weighted by Crippen LogP contribution is -2.20. The molecule has 6 aromatic rings. The molecule has 11 heteroatoms. The standard InChI is InChI=1S/C28H27FN10/c1-16-14-39(15-34-16)21-6-7-32-27-24(21)35-28(36-27)25-22-23(29)20(13-33-26(22)38-37-25)19-8-18(11-31-12-19)10-30-9-17-4-2-3-5-17/h6-8,11-15,17,30H,2-5,9-10H2,1H3,(H,32,35,36)(H,33,37,38). The largest absolute Gasteiger partial charge is 0.334 e. The summed E-state index contributed by atoms with van der Waals surface area (Å²) in [6.45, 7) is 3.62. The van der Waals surface area contributed by atoms with E-state index in [1.165, 1.54) is 31.9 Å². The molecule has 0 spiro atoms. The van der Waals surface area contributed by atoms with Crippen molar-refractivity contribution in [1.29, 1.82) is 0 Å². The first-order valence-corrected chi connectivity index (χ1v) is 13.2. The number of nitrogens with zero attached hydrogens (tertiary/aromatic N) is 7. The van der Waals surface area contributed by atoms with Crippen LogP contribution in [-0.2, 0) is 6.54 Å². The Hall–Kier alpha value is -4.51. The highest BCUT2D eigenvalue weighted by Gasteiger charge is 2.21. The zero-order chi connectivity index (χ0) is 26.3. The number of aromatic amines is 2. The number of pyridine rings is 3. The maximum atomic E-state index is 16.1. The predicted molar refractivity (Wildman–Crippen MR) is 145 cm³/mol. The van der Waals surface area contributed by atoms with Crippen molar-refractivity contribution in [2.24, 2.45) is 5.92 Å². The second-order valence-electron chi connectivity index (χ2n) is 10.2. The van der Waals surface area contributed by atoms with Gasteiger partial charge in [-0.25, -0.2) is 24.3 Å². The summed E-state index contributed by atoms with van der Waals surface area (Å²) in [4.78, 5) is 25.5. The van der Waals surface area contributed by atoms with Gasteiger partial charge in [-0.2, -0.15) is 5.10 Å². The van der Waals surface area contributed by atoms with Gasteiger partial charge in [0.1, 0.15) is 17.0 Å². The Morgan fingerprint density at radius 2 is 2.00 bits per heavy atom. The van der Waals surface area contributed by atoms with Gasteiger partial charge in [-0.1, -0.05) is 12.8 Å². The smallest absolute Gasteiger partial charge is 0.184 e. The number of aromatic nitrogens is 9. The Morgan fingerprint density at radius 3 is 2.85 bits per heavy atom. The van der Waals surface area contributed by atoms with Gasteiger partial charge in [0.15, 0.2) is 17.1 Å². The molecule has 0 saturated heterocycles. The third kappa shape index (κ3) is 4.34. The van der Waals surface area contributed by atoms with Crippen molar-refractivity contribution in [2.75, 3.05) is 6.54 Å². The summed E-state index contributed by atoms with van der Waals surface area (Å²) < 4.78 is 18.0. The first-order chi connectivity index (χ1) is 19.1. The molecule has 39 heavy (non-hydrogen) atoms. The molecule has 1 saturated carbocycles. The number of hydrogen-bond donors (Lipinski definition) is 3. The van der Waals surface area contributed by atoms with Gasteiger partial charge >= 0.3 is 0 Å². The normalized spacial score (nSPS) is 14.2.